The predicted octanol–water partition coefficient (Wildman–Crippen LogP) is 3.39. The topological polar surface area (TPSA) is 27.8 Å². The van der Waals surface area contributed by atoms with E-state index < -0.39 is 12.7 Å². The molecule has 0 spiro atoms. The largest absolute Gasteiger partial charge is 0.401 e. The van der Waals surface area contributed by atoms with Crippen LogP contribution in [0.5, 0.6) is 0 Å². The first-order valence-corrected chi connectivity index (χ1v) is 5.91. The Morgan fingerprint density at radius 3 is 2.74 bits per heavy atom. The summed E-state index contributed by atoms with van der Waals surface area (Å²) in [4.78, 5) is 2.92. The second-order valence-corrected chi connectivity index (χ2v) is 4.61. The molecule has 2 rings (SSSR count). The van der Waals surface area contributed by atoms with Crippen molar-refractivity contribution in [3.8, 4) is 0 Å². The Morgan fingerprint density at radius 2 is 2.05 bits per heavy atom. The second kappa shape index (κ2) is 5.21. The minimum Gasteiger partial charge on any atom is -0.361 e. The smallest absolute Gasteiger partial charge is 0.361 e. The van der Waals surface area contributed by atoms with Gasteiger partial charge in [-0.3, -0.25) is 0 Å². The molecule has 2 N–H and O–H groups in total. The summed E-state index contributed by atoms with van der Waals surface area (Å²) >= 11 is 0. The molecule has 2 aromatic rings. The molecule has 1 aromatic heterocycles. The van der Waals surface area contributed by atoms with Crippen molar-refractivity contribution < 1.29 is 17.6 Å². The summed E-state index contributed by atoms with van der Waals surface area (Å²) in [5.41, 5.74) is 1.52. The molecule has 19 heavy (non-hydrogen) atoms. The zero-order valence-corrected chi connectivity index (χ0v) is 10.3. The molecule has 6 heteroatoms. The lowest BCUT2D eigenvalue weighted by molar-refractivity contribution is -0.126. The first-order valence-electron chi connectivity index (χ1n) is 5.91. The van der Waals surface area contributed by atoms with Gasteiger partial charge in [-0.05, 0) is 37.1 Å². The summed E-state index contributed by atoms with van der Waals surface area (Å²) in [5, 5.41) is 3.26. The number of rotatable bonds is 4. The van der Waals surface area contributed by atoms with E-state index in [2.05, 4.69) is 10.3 Å². The molecule has 0 saturated heterocycles. The van der Waals surface area contributed by atoms with Crippen molar-refractivity contribution in [2.24, 2.45) is 0 Å². The highest BCUT2D eigenvalue weighted by Crippen LogP contribution is 2.21. The van der Waals surface area contributed by atoms with Crippen LogP contribution in [0.1, 0.15) is 12.5 Å². The van der Waals surface area contributed by atoms with E-state index in [-0.39, 0.29) is 11.9 Å². The number of aromatic amines is 1. The van der Waals surface area contributed by atoms with Crippen LogP contribution in [0.2, 0.25) is 0 Å². The van der Waals surface area contributed by atoms with E-state index >= 15 is 0 Å². The first kappa shape index (κ1) is 13.9. The molecule has 0 amide bonds. The van der Waals surface area contributed by atoms with Gasteiger partial charge in [-0.15, -0.1) is 0 Å². The van der Waals surface area contributed by atoms with E-state index in [4.69, 9.17) is 0 Å². The van der Waals surface area contributed by atoms with Crippen LogP contribution in [0.25, 0.3) is 10.9 Å². The van der Waals surface area contributed by atoms with Gasteiger partial charge in [-0.1, -0.05) is 0 Å². The van der Waals surface area contributed by atoms with Crippen LogP contribution in [0.15, 0.2) is 24.4 Å². The maximum Gasteiger partial charge on any atom is 0.401 e. The Hall–Kier alpha value is -1.56. The Morgan fingerprint density at radius 1 is 1.32 bits per heavy atom. The van der Waals surface area contributed by atoms with Crippen LogP contribution in [-0.2, 0) is 6.42 Å². The van der Waals surface area contributed by atoms with Crippen LogP contribution in [0.3, 0.4) is 0 Å². The van der Waals surface area contributed by atoms with Crippen LogP contribution < -0.4 is 5.32 Å². The molecule has 0 aliphatic carbocycles. The summed E-state index contributed by atoms with van der Waals surface area (Å²) in [6.45, 7) is 0.680. The molecule has 2 nitrogen and oxygen atoms in total. The summed E-state index contributed by atoms with van der Waals surface area (Å²) < 4.78 is 49.2. The molecular weight excluding hydrogens is 260 g/mol. The number of hydrogen-bond donors (Lipinski definition) is 2. The average Bonchev–Trinajstić information content (AvgIpc) is 2.68. The number of benzene rings is 1. The third kappa shape index (κ3) is 3.70. The minimum absolute atomic E-state index is 0.314. The lowest BCUT2D eigenvalue weighted by Crippen LogP contribution is -2.36. The highest BCUT2D eigenvalue weighted by molar-refractivity contribution is 5.83. The number of halogens is 4. The molecule has 0 saturated carbocycles. The minimum atomic E-state index is -4.21. The first-order chi connectivity index (χ1) is 8.85. The Labute approximate surface area is 107 Å². The van der Waals surface area contributed by atoms with E-state index in [1.165, 1.54) is 12.1 Å². The molecule has 0 unspecified atom stereocenters. The molecule has 0 bridgehead atoms. The van der Waals surface area contributed by atoms with Gasteiger partial charge in [0, 0.05) is 23.1 Å². The van der Waals surface area contributed by atoms with Gasteiger partial charge in [0.25, 0.3) is 0 Å². The van der Waals surface area contributed by atoms with Crippen LogP contribution in [0, 0.1) is 5.82 Å². The summed E-state index contributed by atoms with van der Waals surface area (Å²) in [5.74, 6) is -0.343. The quantitative estimate of drug-likeness (QED) is 0.822. The number of fused-ring (bicyclic) bond motifs is 1. The zero-order valence-electron chi connectivity index (χ0n) is 10.3. The summed E-state index contributed by atoms with van der Waals surface area (Å²) in [6, 6.07) is 4.03. The molecular formula is C13H14F4N2. The van der Waals surface area contributed by atoms with Crippen molar-refractivity contribution in [1.82, 2.24) is 10.3 Å². The highest BCUT2D eigenvalue weighted by Gasteiger charge is 2.27. The lowest BCUT2D eigenvalue weighted by Gasteiger charge is -2.15. The zero-order chi connectivity index (χ0) is 14.0. The SMILES string of the molecule is C[C@H](Cc1c[nH]c2cc(F)ccc12)NCC(F)(F)F. The third-order valence-electron chi connectivity index (χ3n) is 2.91. The number of hydrogen-bond acceptors (Lipinski definition) is 1. The number of nitrogens with one attached hydrogen (secondary N) is 2. The molecule has 1 atom stereocenters. The third-order valence-corrected chi connectivity index (χ3v) is 2.91. The van der Waals surface area contributed by atoms with Gasteiger partial charge in [0.05, 0.1) is 6.54 Å². The molecule has 0 aliphatic rings. The highest BCUT2D eigenvalue weighted by atomic mass is 19.4. The fourth-order valence-corrected chi connectivity index (χ4v) is 2.02. The van der Waals surface area contributed by atoms with E-state index in [9.17, 15) is 17.6 Å². The van der Waals surface area contributed by atoms with Crippen LogP contribution >= 0.6 is 0 Å². The maximum absolute atomic E-state index is 13.0. The molecule has 104 valence electrons. The Kier molecular flexibility index (Phi) is 3.80. The van der Waals surface area contributed by atoms with Gasteiger partial charge in [0.2, 0.25) is 0 Å². The fourth-order valence-electron chi connectivity index (χ4n) is 2.02. The van der Waals surface area contributed by atoms with Crippen molar-refractivity contribution >= 4 is 10.9 Å². The van der Waals surface area contributed by atoms with Gasteiger partial charge < -0.3 is 10.3 Å². The van der Waals surface area contributed by atoms with Crippen LogP contribution in [0.4, 0.5) is 17.6 Å². The maximum atomic E-state index is 13.0. The van der Waals surface area contributed by atoms with Crippen molar-refractivity contribution in [2.45, 2.75) is 25.6 Å². The second-order valence-electron chi connectivity index (χ2n) is 4.61. The Balaban J connectivity index is 2.05. The van der Waals surface area contributed by atoms with Gasteiger partial charge in [-0.25, -0.2) is 4.39 Å². The van der Waals surface area contributed by atoms with Crippen molar-refractivity contribution in [3.05, 3.63) is 35.8 Å². The Bertz CT molecular complexity index is 559. The predicted molar refractivity (Wildman–Crippen MR) is 65.5 cm³/mol. The van der Waals surface area contributed by atoms with Gasteiger partial charge in [0.15, 0.2) is 0 Å². The summed E-state index contributed by atoms with van der Waals surface area (Å²) in [7, 11) is 0. The van der Waals surface area contributed by atoms with Gasteiger partial charge in [0.1, 0.15) is 5.82 Å². The normalized spacial score (nSPS) is 13.9. The number of alkyl halides is 3. The average molecular weight is 274 g/mol. The lowest BCUT2D eigenvalue weighted by atomic mass is 10.1. The van der Waals surface area contributed by atoms with Crippen molar-refractivity contribution in [3.63, 3.8) is 0 Å². The van der Waals surface area contributed by atoms with Crippen molar-refractivity contribution in [2.75, 3.05) is 6.54 Å². The molecule has 1 heterocycles. The van der Waals surface area contributed by atoms with E-state index in [1.54, 1.807) is 19.2 Å². The molecule has 0 fully saturated rings. The van der Waals surface area contributed by atoms with E-state index in [1.807, 2.05) is 0 Å². The monoisotopic (exact) mass is 274 g/mol. The van der Waals surface area contributed by atoms with Crippen molar-refractivity contribution in [1.29, 1.82) is 0 Å². The fraction of sp³-hybridized carbons (Fsp3) is 0.385. The molecule has 0 aliphatic heterocycles. The van der Waals surface area contributed by atoms with E-state index in [0.717, 1.165) is 10.9 Å². The summed E-state index contributed by atoms with van der Waals surface area (Å²) in [6.07, 6.45) is -2.06. The number of aromatic nitrogens is 1. The molecule has 1 aromatic carbocycles. The van der Waals surface area contributed by atoms with Gasteiger partial charge in [-0.2, -0.15) is 13.2 Å². The number of H-pyrrole nitrogens is 1. The van der Waals surface area contributed by atoms with E-state index in [0.29, 0.717) is 11.9 Å². The van der Waals surface area contributed by atoms with Gasteiger partial charge >= 0.3 is 6.18 Å². The standard InChI is InChI=1S/C13H14F4N2/c1-8(19-7-13(15,16)17)4-9-6-18-12-5-10(14)2-3-11(9)12/h2-3,5-6,8,18-19H,4,7H2,1H3/t8-/m1/s1. The molecule has 0 radical (unpaired) electrons. The van der Waals surface area contributed by atoms with Crippen LogP contribution in [-0.4, -0.2) is 23.7 Å².